The minimum absolute atomic E-state index is 0.246. The fraction of sp³-hybridized carbons (Fsp3) is 0.435. The third kappa shape index (κ3) is 5.33. The highest BCUT2D eigenvalue weighted by Crippen LogP contribution is 2.30. The number of hydrogen-bond acceptors (Lipinski definition) is 5. The average molecular weight is 427 g/mol. The van der Waals surface area contributed by atoms with Crippen molar-refractivity contribution in [1.29, 1.82) is 0 Å². The van der Waals surface area contributed by atoms with Gasteiger partial charge in [-0.1, -0.05) is 43.8 Å². The maximum absolute atomic E-state index is 12.5. The zero-order valence-corrected chi connectivity index (χ0v) is 18.8. The van der Waals surface area contributed by atoms with Gasteiger partial charge in [-0.2, -0.15) is 0 Å². The van der Waals surface area contributed by atoms with Gasteiger partial charge in [-0.25, -0.2) is 0 Å². The first-order valence-corrected chi connectivity index (χ1v) is 11.6. The molecule has 160 valence electrons. The Kier molecular flexibility index (Phi) is 8.13. The van der Waals surface area contributed by atoms with Crippen molar-refractivity contribution in [3.05, 3.63) is 48.2 Å². The van der Waals surface area contributed by atoms with Gasteiger partial charge in [0.2, 0.25) is 11.7 Å². The molecule has 3 aromatic rings. The molecule has 0 saturated carbocycles. The number of aromatic nitrogens is 3. The van der Waals surface area contributed by atoms with Crippen LogP contribution in [0.5, 0.6) is 0 Å². The van der Waals surface area contributed by atoms with Crippen LogP contribution >= 0.6 is 11.8 Å². The molecule has 0 unspecified atom stereocenters. The van der Waals surface area contributed by atoms with E-state index in [1.807, 2.05) is 33.7 Å². The number of carbonyl (C=O) groups is 1. The van der Waals surface area contributed by atoms with E-state index in [0.717, 1.165) is 54.5 Å². The van der Waals surface area contributed by atoms with Crippen LogP contribution in [0.2, 0.25) is 0 Å². The van der Waals surface area contributed by atoms with Crippen molar-refractivity contribution >= 4 is 17.7 Å². The summed E-state index contributed by atoms with van der Waals surface area (Å²) in [6.45, 7) is 7.98. The fourth-order valence-electron chi connectivity index (χ4n) is 3.41. The Hall–Kier alpha value is -2.54. The Morgan fingerprint density at radius 3 is 2.53 bits per heavy atom. The third-order valence-electron chi connectivity index (χ3n) is 4.84. The first-order valence-electron chi connectivity index (χ1n) is 10.6. The van der Waals surface area contributed by atoms with Gasteiger partial charge < -0.3 is 9.32 Å². The van der Waals surface area contributed by atoms with Crippen molar-refractivity contribution < 1.29 is 9.21 Å². The van der Waals surface area contributed by atoms with E-state index in [2.05, 4.69) is 43.1 Å². The van der Waals surface area contributed by atoms with Gasteiger partial charge in [-0.15, -0.1) is 10.2 Å². The van der Waals surface area contributed by atoms with Crippen LogP contribution in [0, 0.1) is 6.92 Å². The van der Waals surface area contributed by atoms with Crippen LogP contribution in [0.1, 0.15) is 45.1 Å². The van der Waals surface area contributed by atoms with Crippen LogP contribution in [0.4, 0.5) is 0 Å². The summed E-state index contributed by atoms with van der Waals surface area (Å²) in [5.74, 6) is 2.42. The summed E-state index contributed by atoms with van der Waals surface area (Å²) in [6.07, 6.45) is 5.01. The summed E-state index contributed by atoms with van der Waals surface area (Å²) in [6, 6.07) is 11.9. The van der Waals surface area contributed by atoms with E-state index in [4.69, 9.17) is 4.42 Å². The summed E-state index contributed by atoms with van der Waals surface area (Å²) >= 11 is 1.63. The normalized spacial score (nSPS) is 11.0. The standard InChI is InChI=1S/C23H30N4O2S/c1-4-14-26(15-5-2)21(28)13-9-17-30-23-25-24-22(20-12-8-16-29-20)27(23)19-11-7-6-10-18(19)3/h6-8,10-12,16H,4-5,9,13-15,17H2,1-3H3. The highest BCUT2D eigenvalue weighted by atomic mass is 32.2. The number of rotatable bonds is 11. The molecule has 0 saturated heterocycles. The number of benzene rings is 1. The second-order valence-electron chi connectivity index (χ2n) is 7.24. The van der Waals surface area contributed by atoms with Gasteiger partial charge in [-0.05, 0) is 49.9 Å². The van der Waals surface area contributed by atoms with E-state index < -0.39 is 0 Å². The third-order valence-corrected chi connectivity index (χ3v) is 5.85. The zero-order chi connectivity index (χ0) is 21.3. The van der Waals surface area contributed by atoms with E-state index in [-0.39, 0.29) is 5.91 Å². The largest absolute Gasteiger partial charge is 0.461 e. The summed E-state index contributed by atoms with van der Waals surface area (Å²) in [4.78, 5) is 14.5. The predicted octanol–water partition coefficient (Wildman–Crippen LogP) is 5.36. The molecule has 1 amide bonds. The molecule has 0 bridgehead atoms. The molecule has 0 aliphatic carbocycles. The zero-order valence-electron chi connectivity index (χ0n) is 18.0. The smallest absolute Gasteiger partial charge is 0.222 e. The van der Waals surface area contributed by atoms with Crippen LogP contribution in [0.3, 0.4) is 0 Å². The van der Waals surface area contributed by atoms with Gasteiger partial charge in [0.05, 0.1) is 12.0 Å². The number of thioether (sulfide) groups is 1. The minimum Gasteiger partial charge on any atom is -0.461 e. The Bertz CT molecular complexity index is 931. The Morgan fingerprint density at radius 2 is 1.87 bits per heavy atom. The molecular weight excluding hydrogens is 396 g/mol. The van der Waals surface area contributed by atoms with Gasteiger partial charge in [0.15, 0.2) is 10.9 Å². The lowest BCUT2D eigenvalue weighted by molar-refractivity contribution is -0.131. The first kappa shape index (κ1) is 22.2. The highest BCUT2D eigenvalue weighted by Gasteiger charge is 2.19. The van der Waals surface area contributed by atoms with E-state index in [1.165, 1.54) is 0 Å². The van der Waals surface area contributed by atoms with E-state index in [9.17, 15) is 4.79 Å². The molecule has 3 rings (SSSR count). The molecule has 0 atom stereocenters. The van der Waals surface area contributed by atoms with Gasteiger partial charge in [0.25, 0.3) is 0 Å². The molecule has 7 heteroatoms. The number of hydrogen-bond donors (Lipinski definition) is 0. The van der Waals surface area contributed by atoms with Gasteiger partial charge in [0.1, 0.15) is 0 Å². The number of carbonyl (C=O) groups excluding carboxylic acids is 1. The molecule has 0 aliphatic rings. The number of aryl methyl sites for hydroxylation is 1. The predicted molar refractivity (Wildman–Crippen MR) is 121 cm³/mol. The lowest BCUT2D eigenvalue weighted by atomic mass is 10.2. The van der Waals surface area contributed by atoms with E-state index in [1.54, 1.807) is 18.0 Å². The molecule has 0 aliphatic heterocycles. The van der Waals surface area contributed by atoms with E-state index >= 15 is 0 Å². The van der Waals surface area contributed by atoms with Crippen molar-refractivity contribution in [2.24, 2.45) is 0 Å². The van der Waals surface area contributed by atoms with E-state index in [0.29, 0.717) is 18.0 Å². The molecule has 2 heterocycles. The van der Waals surface area contributed by atoms with Crippen LogP contribution in [-0.4, -0.2) is 44.4 Å². The number of para-hydroxylation sites is 1. The molecule has 30 heavy (non-hydrogen) atoms. The van der Waals surface area contributed by atoms with Crippen LogP contribution < -0.4 is 0 Å². The molecule has 0 N–H and O–H groups in total. The molecule has 2 aromatic heterocycles. The van der Waals surface area contributed by atoms with Crippen molar-refractivity contribution in [2.45, 2.75) is 51.6 Å². The Labute approximate surface area is 182 Å². The second-order valence-corrected chi connectivity index (χ2v) is 8.30. The van der Waals surface area contributed by atoms with Gasteiger partial charge in [0, 0.05) is 25.3 Å². The summed E-state index contributed by atoms with van der Waals surface area (Å²) in [5.41, 5.74) is 2.17. The molecule has 0 spiro atoms. The fourth-order valence-corrected chi connectivity index (χ4v) is 4.29. The van der Waals surface area contributed by atoms with Crippen molar-refractivity contribution in [3.63, 3.8) is 0 Å². The number of furan rings is 1. The SMILES string of the molecule is CCCN(CCC)C(=O)CCCSc1nnc(-c2ccco2)n1-c1ccccc1C. The summed E-state index contributed by atoms with van der Waals surface area (Å²) in [5, 5.41) is 9.62. The minimum atomic E-state index is 0.246. The van der Waals surface area contributed by atoms with Crippen molar-refractivity contribution in [3.8, 4) is 17.3 Å². The van der Waals surface area contributed by atoms with Gasteiger partial charge in [-0.3, -0.25) is 9.36 Å². The summed E-state index contributed by atoms with van der Waals surface area (Å²) < 4.78 is 7.62. The number of nitrogens with zero attached hydrogens (tertiary/aromatic N) is 4. The van der Waals surface area contributed by atoms with Crippen LogP contribution in [0.15, 0.2) is 52.2 Å². The topological polar surface area (TPSA) is 64.2 Å². The molecule has 6 nitrogen and oxygen atoms in total. The quantitative estimate of drug-likeness (QED) is 0.305. The molecule has 1 aromatic carbocycles. The van der Waals surface area contributed by atoms with Gasteiger partial charge >= 0.3 is 0 Å². The Balaban J connectivity index is 1.71. The Morgan fingerprint density at radius 1 is 1.10 bits per heavy atom. The molecular formula is C23H30N4O2S. The first-order chi connectivity index (χ1) is 14.7. The molecule has 0 fully saturated rings. The molecule has 0 radical (unpaired) electrons. The maximum atomic E-state index is 12.5. The monoisotopic (exact) mass is 426 g/mol. The van der Waals surface area contributed by atoms with Crippen molar-refractivity contribution in [1.82, 2.24) is 19.7 Å². The number of amides is 1. The lowest BCUT2D eigenvalue weighted by Gasteiger charge is -2.21. The summed E-state index contributed by atoms with van der Waals surface area (Å²) in [7, 11) is 0. The van der Waals surface area contributed by atoms with Crippen molar-refractivity contribution in [2.75, 3.05) is 18.8 Å². The van der Waals surface area contributed by atoms with Crippen LogP contribution in [0.25, 0.3) is 17.3 Å². The highest BCUT2D eigenvalue weighted by molar-refractivity contribution is 7.99. The van der Waals surface area contributed by atoms with Crippen LogP contribution in [-0.2, 0) is 4.79 Å². The lowest BCUT2D eigenvalue weighted by Crippen LogP contribution is -2.32. The maximum Gasteiger partial charge on any atom is 0.222 e. The second kappa shape index (κ2) is 11.0. The average Bonchev–Trinajstić information content (AvgIpc) is 3.41.